The molecule has 5 nitrogen and oxygen atoms in total. The summed E-state index contributed by atoms with van der Waals surface area (Å²) in [6.07, 6.45) is 1.84. The molecule has 3 aliphatic rings. The van der Waals surface area contributed by atoms with Crippen molar-refractivity contribution >= 4 is 75.4 Å². The molecule has 91 heavy (non-hydrogen) atoms. The van der Waals surface area contributed by atoms with Crippen molar-refractivity contribution < 1.29 is 25.8 Å². The van der Waals surface area contributed by atoms with Gasteiger partial charge in [-0.3, -0.25) is 0 Å². The second-order valence-corrected chi connectivity index (χ2v) is 31.1. The van der Waals surface area contributed by atoms with Crippen LogP contribution in [0.1, 0.15) is 0 Å². The van der Waals surface area contributed by atoms with Crippen LogP contribution in [-0.4, -0.2) is 22.8 Å². The maximum absolute atomic E-state index is 7.11. The zero-order valence-corrected chi connectivity index (χ0v) is 53.5. The Kier molecular flexibility index (Phi) is 13.3. The summed E-state index contributed by atoms with van der Waals surface area (Å²) in [6.45, 7) is 2.35. The van der Waals surface area contributed by atoms with E-state index in [9.17, 15) is 0 Å². The molecule has 0 aliphatic carbocycles. The van der Waals surface area contributed by atoms with Crippen LogP contribution in [0.5, 0.6) is 11.5 Å². The van der Waals surface area contributed by atoms with E-state index in [1.54, 1.807) is 0 Å². The van der Waals surface area contributed by atoms with E-state index in [1.807, 2.05) is 30.5 Å². The average Bonchev–Trinajstić information content (AvgIpc) is 1.52. The van der Waals surface area contributed by atoms with Gasteiger partial charge in [0, 0.05) is 21.1 Å². The van der Waals surface area contributed by atoms with Gasteiger partial charge in [0.15, 0.2) is 0 Å². The second kappa shape index (κ2) is 22.2. The van der Waals surface area contributed by atoms with Crippen molar-refractivity contribution in [1.82, 2.24) is 9.55 Å². The van der Waals surface area contributed by atoms with Gasteiger partial charge in [0.05, 0.1) is 0 Å². The van der Waals surface area contributed by atoms with Crippen LogP contribution in [0.25, 0.3) is 106 Å². The van der Waals surface area contributed by atoms with E-state index >= 15 is 0 Å². The van der Waals surface area contributed by atoms with E-state index in [-0.39, 0.29) is 21.1 Å². The van der Waals surface area contributed by atoms with Gasteiger partial charge >= 0.3 is 499 Å². The summed E-state index contributed by atoms with van der Waals surface area (Å²) in [7, 11) is 0. The van der Waals surface area contributed by atoms with Crippen molar-refractivity contribution in [1.29, 1.82) is 0 Å². The number of pyridine rings is 1. The molecule has 7 heteroatoms. The molecule has 5 heterocycles. The van der Waals surface area contributed by atoms with E-state index in [4.69, 9.17) is 9.72 Å². The maximum atomic E-state index is 7.11. The molecular weight excluding hydrogens is 1350 g/mol. The molecular formula is C84H53GeN4OPt-3. The van der Waals surface area contributed by atoms with Crippen molar-refractivity contribution in [2.75, 3.05) is 9.80 Å². The molecule has 13 aromatic carbocycles. The molecule has 0 bridgehead atoms. The van der Waals surface area contributed by atoms with Gasteiger partial charge in [0.2, 0.25) is 0 Å². The molecule has 3 aliphatic heterocycles. The van der Waals surface area contributed by atoms with Crippen molar-refractivity contribution in [3.05, 3.63) is 334 Å². The fourth-order valence-electron chi connectivity index (χ4n) is 14.6. The van der Waals surface area contributed by atoms with Crippen molar-refractivity contribution in [3.8, 4) is 95.2 Å². The third-order valence-electron chi connectivity index (χ3n) is 18.5. The van der Waals surface area contributed by atoms with E-state index in [1.165, 1.54) is 34.4 Å². The molecule has 1 spiro atoms. The normalized spacial score (nSPS) is 13.0. The first kappa shape index (κ1) is 54.6. The number of fused-ring (bicyclic) bond motifs is 12. The third-order valence-corrected chi connectivity index (χ3v) is 28.8. The molecule has 15 aromatic rings. The van der Waals surface area contributed by atoms with Crippen molar-refractivity contribution in [3.63, 3.8) is 0 Å². The summed E-state index contributed by atoms with van der Waals surface area (Å²) < 4.78 is 14.8. The van der Waals surface area contributed by atoms with E-state index < -0.39 is 13.3 Å². The first-order chi connectivity index (χ1) is 44.6. The zero-order chi connectivity index (χ0) is 59.3. The van der Waals surface area contributed by atoms with Crippen LogP contribution in [0.4, 0.5) is 22.7 Å². The summed E-state index contributed by atoms with van der Waals surface area (Å²) in [5.41, 5.74) is 22.5. The Balaban J connectivity index is 0.00000636. The Labute approximate surface area is 546 Å². The monoisotopic (exact) mass is 1400 g/mol. The Hall–Kier alpha value is -10.6. The van der Waals surface area contributed by atoms with Gasteiger partial charge in [0.25, 0.3) is 0 Å². The van der Waals surface area contributed by atoms with Gasteiger partial charge in [-0.1, -0.05) is 24.3 Å². The van der Waals surface area contributed by atoms with Gasteiger partial charge in [0.1, 0.15) is 0 Å². The van der Waals surface area contributed by atoms with Gasteiger partial charge in [-0.05, 0) is 6.07 Å². The summed E-state index contributed by atoms with van der Waals surface area (Å²) >= 11 is -3.95. The Morgan fingerprint density at radius 3 is 1.38 bits per heavy atom. The number of aromatic nitrogens is 2. The Morgan fingerprint density at radius 1 is 0.341 bits per heavy atom. The van der Waals surface area contributed by atoms with Gasteiger partial charge < -0.3 is 0 Å². The Morgan fingerprint density at radius 2 is 0.813 bits per heavy atom. The minimum absolute atomic E-state index is 0. The summed E-state index contributed by atoms with van der Waals surface area (Å²) in [6, 6.07) is 121. The molecule has 0 fully saturated rings. The van der Waals surface area contributed by atoms with Crippen LogP contribution in [0.3, 0.4) is 0 Å². The van der Waals surface area contributed by atoms with Crippen LogP contribution in [0.15, 0.2) is 316 Å². The van der Waals surface area contributed by atoms with Crippen LogP contribution in [0.2, 0.25) is 0 Å². The molecule has 2 aromatic heterocycles. The summed E-state index contributed by atoms with van der Waals surface area (Å²) in [5, 5.41) is 2.21. The number of nitrogens with zero attached hydrogens (tertiary/aromatic N) is 4. The molecule has 0 saturated heterocycles. The molecule has 432 valence electrons. The predicted molar refractivity (Wildman–Crippen MR) is 373 cm³/mol. The standard InChI is InChI=1S/C84H53GeN4O.Pt/c1-5-23-56(24-6-1)60-47-61(57-25-7-2-8-26-57)50-64(49-60)68-34-21-35-69(65-51-62(58-27-9-3-10-28-58)48-63(52-65)59-29-11-4-12-30-59)83(68)87-55-88-81-54-67(90-66-42-44-73-72-33-15-18-39-78(72)89(80(73)53-66)82-41-19-20-46-86-82)43-45-76(81)85(77-38-22-40-79(87)84(77)88)74-36-16-13-31-70(74)71-32-14-17-37-75(71)85;/h1-52,55H;/q-3;. The van der Waals surface area contributed by atoms with Crippen LogP contribution in [0, 0.1) is 18.8 Å². The summed E-state index contributed by atoms with van der Waals surface area (Å²) in [5.74, 6) is 2.02. The van der Waals surface area contributed by atoms with Gasteiger partial charge in [-0.25, -0.2) is 0 Å². The topological polar surface area (TPSA) is 33.5 Å². The molecule has 0 N–H and O–H groups in total. The molecule has 0 amide bonds. The van der Waals surface area contributed by atoms with E-state index in [0.29, 0.717) is 11.5 Å². The molecule has 0 atom stereocenters. The summed E-state index contributed by atoms with van der Waals surface area (Å²) in [4.78, 5) is 9.75. The minimum atomic E-state index is -3.95. The first-order valence-corrected chi connectivity index (χ1v) is 34.9. The quantitative estimate of drug-likeness (QED) is 0.101. The number of anilines is 4. The SMILES string of the molecule is [Pt].[c-]1c(Oc2[c-]c3c(cc2)c2ccccc2n3-c2ccccn2)cc[c]2c1N1[CH-]N(c3c(-c4cc(-c5ccccc5)cc(-c5ccccc5)c4)cccc3-c3cc(-c4ccccc4)cc(-c4ccccc4)c3)c3ccc[c](c31)[Ge]21[c]2ccccc2-c2cccc[c]21. The average molecular weight is 1400 g/mol. The first-order valence-electron chi connectivity index (χ1n) is 30.7. The van der Waals surface area contributed by atoms with Crippen molar-refractivity contribution in [2.45, 2.75) is 0 Å². The molecule has 18 rings (SSSR count). The predicted octanol–water partition coefficient (Wildman–Crippen LogP) is 18.7. The van der Waals surface area contributed by atoms with Crippen LogP contribution in [-0.2, 0) is 21.1 Å². The van der Waals surface area contributed by atoms with Gasteiger partial charge in [-0.2, -0.15) is 0 Å². The number of ether oxygens (including phenoxy) is 1. The van der Waals surface area contributed by atoms with Crippen molar-refractivity contribution in [2.24, 2.45) is 0 Å². The molecule has 0 unspecified atom stereocenters. The number of hydrogen-bond acceptors (Lipinski definition) is 4. The van der Waals surface area contributed by atoms with Crippen LogP contribution >= 0.6 is 0 Å². The number of rotatable bonds is 10. The molecule has 0 radical (unpaired) electrons. The van der Waals surface area contributed by atoms with Crippen LogP contribution < -0.4 is 32.1 Å². The zero-order valence-electron chi connectivity index (χ0n) is 49.1. The van der Waals surface area contributed by atoms with E-state index in [0.717, 1.165) is 111 Å². The number of benzene rings is 13. The third kappa shape index (κ3) is 8.82. The number of para-hydroxylation sites is 3. The van der Waals surface area contributed by atoms with E-state index in [2.05, 4.69) is 318 Å². The Bertz CT molecular complexity index is 5020. The second-order valence-electron chi connectivity index (χ2n) is 23.4. The fraction of sp³-hybridized carbons (Fsp3) is 0. The molecule has 0 saturated carbocycles. The van der Waals surface area contributed by atoms with Gasteiger partial charge in [-0.15, -0.1) is 0 Å². The number of hydrogen-bond donors (Lipinski definition) is 0. The fourth-order valence-corrected chi connectivity index (χ4v) is 26.2.